The fourth-order valence-electron chi connectivity index (χ4n) is 4.77. The van der Waals surface area contributed by atoms with E-state index in [0.717, 1.165) is 21.8 Å². The zero-order valence-electron chi connectivity index (χ0n) is 21.0. The average Bonchev–Trinajstić information content (AvgIpc) is 3.51. The molecule has 2 heterocycles. The van der Waals surface area contributed by atoms with Gasteiger partial charge in [-0.05, 0) is 60.2 Å². The number of carbonyl (C=O) groups excluding carboxylic acids is 2. The van der Waals surface area contributed by atoms with Crippen LogP contribution in [0, 0.1) is 12.7 Å². The quantitative estimate of drug-likeness (QED) is 0.302. The number of benzene rings is 2. The molecule has 4 aromatic rings. The standard InChI is InChI=1S/C27H22F3N5O5/c1-13-16-8-9-20(18(16)7-6-17(13)26(38)39)34-25(37)22-10-21(33-23-19(28)12-32-35(22)23)24(36)31-11-14-2-4-15(5-3-14)40-27(29)30/h2-7,10,12,20,27H,8-9,11H2,1H3,(H,31,36)(H,34,37)(H,38,39)/t20-/m0/s1. The molecule has 0 saturated carbocycles. The molecule has 2 aromatic heterocycles. The van der Waals surface area contributed by atoms with Gasteiger partial charge in [-0.3, -0.25) is 9.59 Å². The summed E-state index contributed by atoms with van der Waals surface area (Å²) in [7, 11) is 0. The molecule has 2 amide bonds. The van der Waals surface area contributed by atoms with Crippen LogP contribution in [0.2, 0.25) is 0 Å². The number of hydrogen-bond acceptors (Lipinski definition) is 6. The molecule has 0 fully saturated rings. The number of carboxylic acids is 1. The van der Waals surface area contributed by atoms with Gasteiger partial charge in [-0.2, -0.15) is 13.9 Å². The number of nitrogens with zero attached hydrogens (tertiary/aromatic N) is 3. The summed E-state index contributed by atoms with van der Waals surface area (Å²) in [6.07, 6.45) is 1.98. The summed E-state index contributed by atoms with van der Waals surface area (Å²) >= 11 is 0. The zero-order chi connectivity index (χ0) is 28.6. The summed E-state index contributed by atoms with van der Waals surface area (Å²) in [6, 6.07) is 9.57. The molecule has 0 bridgehead atoms. The van der Waals surface area contributed by atoms with Crippen LogP contribution in [0.15, 0.2) is 48.7 Å². The van der Waals surface area contributed by atoms with Crippen LogP contribution in [-0.4, -0.2) is 44.1 Å². The SMILES string of the molecule is Cc1c(C(=O)O)ccc2c1CC[C@@H]2NC(=O)c1cc(C(=O)NCc2ccc(OC(F)F)cc2)nc2c(F)cnn12. The molecular weight excluding hydrogens is 531 g/mol. The highest BCUT2D eigenvalue weighted by atomic mass is 19.3. The van der Waals surface area contributed by atoms with Gasteiger partial charge in [0.1, 0.15) is 17.1 Å². The van der Waals surface area contributed by atoms with Gasteiger partial charge in [0, 0.05) is 12.6 Å². The van der Waals surface area contributed by atoms with Crippen molar-refractivity contribution in [2.24, 2.45) is 0 Å². The lowest BCUT2D eigenvalue weighted by Crippen LogP contribution is -2.30. The smallest absolute Gasteiger partial charge is 0.387 e. The predicted molar refractivity (Wildman–Crippen MR) is 134 cm³/mol. The first-order valence-electron chi connectivity index (χ1n) is 12.1. The molecule has 0 aliphatic heterocycles. The number of amides is 2. The lowest BCUT2D eigenvalue weighted by atomic mass is 9.98. The van der Waals surface area contributed by atoms with Gasteiger partial charge in [-0.25, -0.2) is 18.7 Å². The lowest BCUT2D eigenvalue weighted by molar-refractivity contribution is -0.0498. The number of hydrogen-bond donors (Lipinski definition) is 3. The summed E-state index contributed by atoms with van der Waals surface area (Å²) in [4.78, 5) is 41.7. The number of fused-ring (bicyclic) bond motifs is 2. The molecule has 0 spiro atoms. The second-order valence-electron chi connectivity index (χ2n) is 9.14. The Morgan fingerprint density at radius 2 is 1.90 bits per heavy atom. The molecule has 0 unspecified atom stereocenters. The third-order valence-corrected chi connectivity index (χ3v) is 6.72. The van der Waals surface area contributed by atoms with E-state index in [0.29, 0.717) is 24.0 Å². The molecule has 0 radical (unpaired) electrons. The third-order valence-electron chi connectivity index (χ3n) is 6.72. The van der Waals surface area contributed by atoms with Crippen LogP contribution in [0.4, 0.5) is 13.2 Å². The molecule has 3 N–H and O–H groups in total. The monoisotopic (exact) mass is 553 g/mol. The maximum absolute atomic E-state index is 14.4. The van der Waals surface area contributed by atoms with Gasteiger partial charge in [-0.1, -0.05) is 18.2 Å². The van der Waals surface area contributed by atoms with Crippen molar-refractivity contribution in [2.75, 3.05) is 0 Å². The molecule has 206 valence electrons. The minimum atomic E-state index is -2.96. The van der Waals surface area contributed by atoms with Crippen LogP contribution in [0.3, 0.4) is 0 Å². The van der Waals surface area contributed by atoms with Crippen LogP contribution in [0.1, 0.15) is 66.1 Å². The van der Waals surface area contributed by atoms with E-state index in [9.17, 15) is 32.7 Å². The van der Waals surface area contributed by atoms with Crippen molar-refractivity contribution in [1.29, 1.82) is 0 Å². The first-order chi connectivity index (χ1) is 19.1. The molecular formula is C27H22F3N5O5. The van der Waals surface area contributed by atoms with Crippen molar-refractivity contribution in [3.8, 4) is 5.75 Å². The normalized spacial score (nSPS) is 14.3. The highest BCUT2D eigenvalue weighted by Crippen LogP contribution is 2.35. The Bertz CT molecular complexity index is 1640. The van der Waals surface area contributed by atoms with Crippen molar-refractivity contribution < 1.29 is 37.4 Å². The van der Waals surface area contributed by atoms with Crippen molar-refractivity contribution in [1.82, 2.24) is 25.2 Å². The largest absolute Gasteiger partial charge is 0.478 e. The Balaban J connectivity index is 1.36. The zero-order valence-corrected chi connectivity index (χ0v) is 21.0. The van der Waals surface area contributed by atoms with Gasteiger partial charge in [0.15, 0.2) is 11.5 Å². The van der Waals surface area contributed by atoms with Gasteiger partial charge >= 0.3 is 12.6 Å². The van der Waals surface area contributed by atoms with E-state index in [4.69, 9.17) is 0 Å². The number of alkyl halides is 2. The van der Waals surface area contributed by atoms with Gasteiger partial charge in [-0.15, -0.1) is 0 Å². The molecule has 1 aliphatic rings. The van der Waals surface area contributed by atoms with Crippen LogP contribution in [0.5, 0.6) is 5.75 Å². The van der Waals surface area contributed by atoms with Crippen LogP contribution in [-0.2, 0) is 13.0 Å². The summed E-state index contributed by atoms with van der Waals surface area (Å²) in [5.41, 5.74) is 2.37. The molecule has 10 nitrogen and oxygen atoms in total. The van der Waals surface area contributed by atoms with E-state index in [2.05, 4.69) is 25.5 Å². The van der Waals surface area contributed by atoms with Crippen LogP contribution in [0.25, 0.3) is 5.65 Å². The van der Waals surface area contributed by atoms with Crippen molar-refractivity contribution >= 4 is 23.4 Å². The number of ether oxygens (including phenoxy) is 1. The lowest BCUT2D eigenvalue weighted by Gasteiger charge is -2.16. The third kappa shape index (κ3) is 5.17. The average molecular weight is 553 g/mol. The number of carbonyl (C=O) groups is 3. The van der Waals surface area contributed by atoms with E-state index in [1.807, 2.05) is 0 Å². The van der Waals surface area contributed by atoms with Gasteiger partial charge < -0.3 is 20.5 Å². The molecule has 1 atom stereocenters. The van der Waals surface area contributed by atoms with Crippen molar-refractivity contribution in [3.63, 3.8) is 0 Å². The summed E-state index contributed by atoms with van der Waals surface area (Å²) in [5.74, 6) is -3.23. The maximum atomic E-state index is 14.4. The molecule has 40 heavy (non-hydrogen) atoms. The van der Waals surface area contributed by atoms with Crippen LogP contribution >= 0.6 is 0 Å². The number of nitrogens with one attached hydrogen (secondary N) is 2. The van der Waals surface area contributed by atoms with E-state index >= 15 is 0 Å². The molecule has 0 saturated heterocycles. The molecule has 2 aromatic carbocycles. The molecule has 13 heteroatoms. The van der Waals surface area contributed by atoms with Crippen molar-refractivity contribution in [3.05, 3.63) is 93.7 Å². The van der Waals surface area contributed by atoms with Gasteiger partial charge in [0.25, 0.3) is 11.8 Å². The molecule has 1 aliphatic carbocycles. The summed E-state index contributed by atoms with van der Waals surface area (Å²) < 4.78 is 44.4. The topological polar surface area (TPSA) is 135 Å². The van der Waals surface area contributed by atoms with Crippen LogP contribution < -0.4 is 15.4 Å². The minimum absolute atomic E-state index is 0.000462. The first-order valence-corrected chi connectivity index (χ1v) is 12.1. The van der Waals surface area contributed by atoms with Gasteiger partial charge in [0.2, 0.25) is 0 Å². The van der Waals surface area contributed by atoms with Gasteiger partial charge in [0.05, 0.1) is 17.8 Å². The summed E-state index contributed by atoms with van der Waals surface area (Å²) in [5, 5.41) is 18.8. The first kappa shape index (κ1) is 26.7. The van der Waals surface area contributed by atoms with E-state index in [1.54, 1.807) is 13.0 Å². The second kappa shape index (κ2) is 10.7. The highest BCUT2D eigenvalue weighted by molar-refractivity contribution is 5.98. The summed E-state index contributed by atoms with van der Waals surface area (Å²) in [6.45, 7) is -1.23. The Hall–Kier alpha value is -4.94. The van der Waals surface area contributed by atoms with Crippen molar-refractivity contribution in [2.45, 2.75) is 39.0 Å². The number of halogens is 3. The number of aromatic carboxylic acids is 1. The number of aromatic nitrogens is 3. The Kier molecular flexibility index (Phi) is 7.11. The Morgan fingerprint density at radius 1 is 1.15 bits per heavy atom. The number of rotatable bonds is 8. The second-order valence-corrected chi connectivity index (χ2v) is 9.14. The minimum Gasteiger partial charge on any atom is -0.478 e. The highest BCUT2D eigenvalue weighted by Gasteiger charge is 2.29. The Labute approximate surface area is 224 Å². The van der Waals surface area contributed by atoms with E-state index in [1.165, 1.54) is 36.4 Å². The van der Waals surface area contributed by atoms with E-state index < -0.39 is 36.3 Å². The number of carboxylic acid groups (broad SMARTS) is 1. The molecule has 5 rings (SSSR count). The fourth-order valence-corrected chi connectivity index (χ4v) is 4.77. The van der Waals surface area contributed by atoms with E-state index in [-0.39, 0.29) is 34.9 Å². The maximum Gasteiger partial charge on any atom is 0.387 e. The predicted octanol–water partition coefficient (Wildman–Crippen LogP) is 3.82. The fraction of sp³-hybridized carbons (Fsp3) is 0.222. The Morgan fingerprint density at radius 3 is 2.60 bits per heavy atom.